The lowest BCUT2D eigenvalue weighted by Gasteiger charge is -2.09. The molecule has 0 aliphatic carbocycles. The van der Waals surface area contributed by atoms with E-state index in [-0.39, 0.29) is 11.6 Å². The number of carbonyl (C=O) groups excluding carboxylic acids is 1. The Bertz CT molecular complexity index is 421. The molecular formula is C14H22ClN3O. The average molecular weight is 284 g/mol. The summed E-state index contributed by atoms with van der Waals surface area (Å²) in [5, 5.41) is 6.29. The van der Waals surface area contributed by atoms with Crippen LogP contribution in [0.5, 0.6) is 0 Å². The van der Waals surface area contributed by atoms with Crippen LogP contribution in [0.4, 0.5) is 5.82 Å². The normalized spacial score (nSPS) is 10.6. The van der Waals surface area contributed by atoms with Gasteiger partial charge in [0.05, 0.1) is 5.02 Å². The number of rotatable bonds is 7. The van der Waals surface area contributed by atoms with Crippen LogP contribution in [0.15, 0.2) is 12.1 Å². The molecule has 0 spiro atoms. The van der Waals surface area contributed by atoms with Gasteiger partial charge in [0.1, 0.15) is 11.5 Å². The molecule has 1 aromatic rings. The highest BCUT2D eigenvalue weighted by atomic mass is 35.5. The van der Waals surface area contributed by atoms with Gasteiger partial charge in [-0.3, -0.25) is 4.79 Å². The lowest BCUT2D eigenvalue weighted by molar-refractivity contribution is 0.0948. The molecule has 1 amide bonds. The van der Waals surface area contributed by atoms with Crippen LogP contribution in [0, 0.1) is 5.92 Å². The molecule has 5 heteroatoms. The first kappa shape index (κ1) is 15.8. The number of nitrogens with zero attached hydrogens (tertiary/aromatic N) is 1. The fraction of sp³-hybridized carbons (Fsp3) is 0.571. The Kier molecular flexibility index (Phi) is 6.64. The Labute approximate surface area is 120 Å². The molecule has 106 valence electrons. The van der Waals surface area contributed by atoms with Crippen molar-refractivity contribution in [3.05, 3.63) is 22.8 Å². The Balaban J connectivity index is 2.57. The molecule has 1 heterocycles. The van der Waals surface area contributed by atoms with Crippen molar-refractivity contribution in [3.63, 3.8) is 0 Å². The van der Waals surface area contributed by atoms with Crippen LogP contribution < -0.4 is 10.6 Å². The zero-order valence-electron chi connectivity index (χ0n) is 11.8. The maximum absolute atomic E-state index is 12.0. The summed E-state index contributed by atoms with van der Waals surface area (Å²) in [6.07, 6.45) is 2.06. The van der Waals surface area contributed by atoms with E-state index < -0.39 is 0 Å². The molecule has 0 radical (unpaired) electrons. The second-order valence-corrected chi connectivity index (χ2v) is 5.26. The lowest BCUT2D eigenvalue weighted by atomic mass is 10.1. The predicted molar refractivity (Wildman–Crippen MR) is 79.8 cm³/mol. The topological polar surface area (TPSA) is 54.0 Å². The molecule has 1 rings (SSSR count). The van der Waals surface area contributed by atoms with Gasteiger partial charge in [-0.05, 0) is 37.8 Å². The summed E-state index contributed by atoms with van der Waals surface area (Å²) in [6.45, 7) is 7.72. The highest BCUT2D eigenvalue weighted by Crippen LogP contribution is 2.16. The Hall–Kier alpha value is -1.29. The van der Waals surface area contributed by atoms with Crippen LogP contribution in [0.3, 0.4) is 0 Å². The summed E-state index contributed by atoms with van der Waals surface area (Å²) in [5.41, 5.74) is 0.282. The van der Waals surface area contributed by atoms with E-state index in [0.29, 0.717) is 23.3 Å². The summed E-state index contributed by atoms with van der Waals surface area (Å²) < 4.78 is 0. The molecule has 0 atom stereocenters. The lowest BCUT2D eigenvalue weighted by Crippen LogP contribution is -2.26. The van der Waals surface area contributed by atoms with Crippen LogP contribution in [-0.2, 0) is 0 Å². The van der Waals surface area contributed by atoms with Crippen molar-refractivity contribution in [2.75, 3.05) is 18.4 Å². The molecule has 0 bridgehead atoms. The van der Waals surface area contributed by atoms with Gasteiger partial charge in [-0.15, -0.1) is 0 Å². The summed E-state index contributed by atoms with van der Waals surface area (Å²) >= 11 is 6.00. The monoisotopic (exact) mass is 283 g/mol. The second kappa shape index (κ2) is 8.00. The standard InChI is InChI=1S/C14H22ClN3O/c1-4-16-12-8-7-11(15)13(18-12)14(19)17-9-5-6-10(2)3/h7-8,10H,4-6,9H2,1-3H3,(H,16,18)(H,17,19). The van der Waals surface area contributed by atoms with E-state index >= 15 is 0 Å². The van der Waals surface area contributed by atoms with Crippen molar-refractivity contribution in [2.45, 2.75) is 33.6 Å². The van der Waals surface area contributed by atoms with Crippen molar-refractivity contribution in [3.8, 4) is 0 Å². The van der Waals surface area contributed by atoms with E-state index in [1.165, 1.54) is 0 Å². The predicted octanol–water partition coefficient (Wildman–Crippen LogP) is 3.33. The average Bonchev–Trinajstić information content (AvgIpc) is 2.36. The molecule has 0 unspecified atom stereocenters. The maximum Gasteiger partial charge on any atom is 0.271 e. The number of pyridine rings is 1. The third kappa shape index (κ3) is 5.47. The SMILES string of the molecule is CCNc1ccc(Cl)c(C(=O)NCCCC(C)C)n1. The van der Waals surface area contributed by atoms with E-state index in [9.17, 15) is 4.79 Å². The fourth-order valence-corrected chi connectivity index (χ4v) is 1.87. The zero-order valence-corrected chi connectivity index (χ0v) is 12.5. The van der Waals surface area contributed by atoms with E-state index in [0.717, 1.165) is 19.4 Å². The highest BCUT2D eigenvalue weighted by Gasteiger charge is 2.12. The van der Waals surface area contributed by atoms with E-state index in [4.69, 9.17) is 11.6 Å². The molecule has 2 N–H and O–H groups in total. The minimum Gasteiger partial charge on any atom is -0.370 e. The van der Waals surface area contributed by atoms with Gasteiger partial charge >= 0.3 is 0 Å². The molecule has 0 fully saturated rings. The van der Waals surface area contributed by atoms with Crippen molar-refractivity contribution < 1.29 is 4.79 Å². The van der Waals surface area contributed by atoms with Crippen molar-refractivity contribution in [1.29, 1.82) is 0 Å². The van der Waals surface area contributed by atoms with Gasteiger partial charge in [-0.1, -0.05) is 25.4 Å². The number of amides is 1. The van der Waals surface area contributed by atoms with Gasteiger partial charge < -0.3 is 10.6 Å². The van der Waals surface area contributed by atoms with Gasteiger partial charge in [-0.2, -0.15) is 0 Å². The Morgan fingerprint density at radius 1 is 1.42 bits per heavy atom. The molecule has 1 aromatic heterocycles. The smallest absolute Gasteiger partial charge is 0.271 e. The number of anilines is 1. The quantitative estimate of drug-likeness (QED) is 0.755. The molecule has 0 aliphatic rings. The summed E-state index contributed by atoms with van der Waals surface area (Å²) in [6, 6.07) is 3.46. The van der Waals surface area contributed by atoms with Gasteiger partial charge in [0.15, 0.2) is 0 Å². The van der Waals surface area contributed by atoms with Crippen LogP contribution in [0.1, 0.15) is 44.1 Å². The molecule has 0 saturated carbocycles. The van der Waals surface area contributed by atoms with Crippen LogP contribution in [0.2, 0.25) is 5.02 Å². The van der Waals surface area contributed by atoms with Gasteiger partial charge in [0.25, 0.3) is 5.91 Å². The number of aromatic nitrogens is 1. The molecular weight excluding hydrogens is 262 g/mol. The first-order valence-corrected chi connectivity index (χ1v) is 7.11. The molecule has 19 heavy (non-hydrogen) atoms. The molecule has 4 nitrogen and oxygen atoms in total. The number of nitrogens with one attached hydrogen (secondary N) is 2. The van der Waals surface area contributed by atoms with E-state index in [1.807, 2.05) is 6.92 Å². The first-order valence-electron chi connectivity index (χ1n) is 6.73. The zero-order chi connectivity index (χ0) is 14.3. The van der Waals surface area contributed by atoms with Crippen LogP contribution in [0.25, 0.3) is 0 Å². The van der Waals surface area contributed by atoms with Crippen LogP contribution >= 0.6 is 11.6 Å². The molecule has 0 aromatic carbocycles. The van der Waals surface area contributed by atoms with Crippen LogP contribution in [-0.4, -0.2) is 24.0 Å². The minimum atomic E-state index is -0.214. The number of halogens is 1. The van der Waals surface area contributed by atoms with E-state index in [1.54, 1.807) is 12.1 Å². The molecule has 0 saturated heterocycles. The largest absolute Gasteiger partial charge is 0.370 e. The summed E-state index contributed by atoms with van der Waals surface area (Å²) in [5.74, 6) is 1.10. The minimum absolute atomic E-state index is 0.214. The fourth-order valence-electron chi connectivity index (χ4n) is 1.68. The Morgan fingerprint density at radius 3 is 2.79 bits per heavy atom. The van der Waals surface area contributed by atoms with Crippen molar-refractivity contribution in [2.24, 2.45) is 5.92 Å². The van der Waals surface area contributed by atoms with Gasteiger partial charge in [0, 0.05) is 13.1 Å². The van der Waals surface area contributed by atoms with Crippen molar-refractivity contribution in [1.82, 2.24) is 10.3 Å². The maximum atomic E-state index is 12.0. The second-order valence-electron chi connectivity index (χ2n) is 4.85. The van der Waals surface area contributed by atoms with E-state index in [2.05, 4.69) is 29.5 Å². The Morgan fingerprint density at radius 2 is 2.16 bits per heavy atom. The summed E-state index contributed by atoms with van der Waals surface area (Å²) in [7, 11) is 0. The number of hydrogen-bond donors (Lipinski definition) is 2. The number of carbonyl (C=O) groups is 1. The highest BCUT2D eigenvalue weighted by molar-refractivity contribution is 6.33. The van der Waals surface area contributed by atoms with Crippen molar-refractivity contribution >= 4 is 23.3 Å². The summed E-state index contributed by atoms with van der Waals surface area (Å²) in [4.78, 5) is 16.2. The third-order valence-corrected chi connectivity index (χ3v) is 2.97. The first-order chi connectivity index (χ1) is 9.04. The molecule has 0 aliphatic heterocycles. The van der Waals surface area contributed by atoms with Gasteiger partial charge in [-0.25, -0.2) is 4.98 Å². The van der Waals surface area contributed by atoms with Gasteiger partial charge in [0.2, 0.25) is 0 Å². The third-order valence-electron chi connectivity index (χ3n) is 2.66. The number of hydrogen-bond acceptors (Lipinski definition) is 3.